The molecule has 0 atom stereocenters. The third kappa shape index (κ3) is 14.0. The van der Waals surface area contributed by atoms with Crippen molar-refractivity contribution in [1.82, 2.24) is 0 Å². The average Bonchev–Trinajstić information content (AvgIpc) is 3.07. The molecule has 0 saturated heterocycles. The maximum absolute atomic E-state index is 10.2. The fourth-order valence-electron chi connectivity index (χ4n) is 5.28. The van der Waals surface area contributed by atoms with Crippen molar-refractivity contribution in [3.8, 4) is 11.5 Å². The minimum absolute atomic E-state index is 0.453. The van der Waals surface area contributed by atoms with Crippen LogP contribution in [0.2, 0.25) is 0 Å². The fraction of sp³-hybridized carbons (Fsp3) is 0.350. The van der Waals surface area contributed by atoms with Crippen LogP contribution in [-0.2, 0) is 13.1 Å². The summed E-state index contributed by atoms with van der Waals surface area (Å²) in [6, 6.07) is 35.5. The molecule has 0 aliphatic carbocycles. The largest absolute Gasteiger partial charge is 0.494 e. The Morgan fingerprint density at radius 1 is 0.413 bits per heavy atom. The fourth-order valence-corrected chi connectivity index (χ4v) is 5.28. The Hall–Kier alpha value is -4.58. The highest BCUT2D eigenvalue weighted by Crippen LogP contribution is 2.15. The predicted octanol–water partition coefficient (Wildman–Crippen LogP) is 9.09. The van der Waals surface area contributed by atoms with Crippen molar-refractivity contribution in [3.05, 3.63) is 131 Å². The summed E-state index contributed by atoms with van der Waals surface area (Å²) in [5.74, 6) is 1.74. The van der Waals surface area contributed by atoms with E-state index in [9.17, 15) is 10.4 Å². The van der Waals surface area contributed by atoms with Crippen LogP contribution in [0, 0.1) is 0 Å². The Kier molecular flexibility index (Phi) is 15.2. The first-order valence-electron chi connectivity index (χ1n) is 16.8. The van der Waals surface area contributed by atoms with Crippen LogP contribution in [0.3, 0.4) is 0 Å². The van der Waals surface area contributed by atoms with Crippen LogP contribution in [0.4, 0.5) is 0 Å². The second-order valence-electron chi connectivity index (χ2n) is 11.8. The van der Waals surface area contributed by atoms with Crippen molar-refractivity contribution in [3.63, 3.8) is 0 Å². The normalized spacial score (nSPS) is 11.8. The van der Waals surface area contributed by atoms with Crippen LogP contribution >= 0.6 is 0 Å². The molecule has 0 bridgehead atoms. The van der Waals surface area contributed by atoms with Gasteiger partial charge in [0, 0.05) is 22.3 Å². The van der Waals surface area contributed by atoms with Gasteiger partial charge in [0.1, 0.15) is 11.5 Å². The van der Waals surface area contributed by atoms with E-state index in [-0.39, 0.29) is 0 Å². The van der Waals surface area contributed by atoms with Gasteiger partial charge in [-0.2, -0.15) is 0 Å². The zero-order valence-electron chi connectivity index (χ0n) is 27.1. The summed E-state index contributed by atoms with van der Waals surface area (Å²) < 4.78 is 14.2. The molecule has 0 spiro atoms. The molecule has 4 rings (SSSR count). The maximum Gasteiger partial charge on any atom is 0.223 e. The number of ether oxygens (including phenoxy) is 2. The van der Waals surface area contributed by atoms with E-state index < -0.39 is 0 Å². The van der Waals surface area contributed by atoms with E-state index in [2.05, 4.69) is 0 Å². The van der Waals surface area contributed by atoms with Crippen molar-refractivity contribution in [2.75, 3.05) is 13.2 Å². The Labute approximate surface area is 274 Å². The molecule has 6 nitrogen and oxygen atoms in total. The molecular weight excluding hydrogens is 572 g/mol. The number of hydrogen-bond acceptors (Lipinski definition) is 4. The van der Waals surface area contributed by atoms with Gasteiger partial charge in [0.15, 0.2) is 0 Å². The summed E-state index contributed by atoms with van der Waals surface area (Å²) in [7, 11) is 0. The van der Waals surface area contributed by atoms with E-state index in [1.807, 2.05) is 109 Å². The maximum atomic E-state index is 10.2. The Bertz CT molecular complexity index is 1320. The molecule has 0 aliphatic heterocycles. The summed E-state index contributed by atoms with van der Waals surface area (Å²) in [4.78, 5) is 0. The van der Waals surface area contributed by atoms with Crippen molar-refractivity contribution in [2.45, 2.75) is 77.3 Å². The van der Waals surface area contributed by atoms with Gasteiger partial charge < -0.3 is 9.47 Å². The van der Waals surface area contributed by atoms with Gasteiger partial charge in [-0.25, -0.2) is 0 Å². The van der Waals surface area contributed by atoms with Crippen LogP contribution in [0.1, 0.15) is 86.5 Å². The molecule has 4 aromatic rings. The predicted molar refractivity (Wildman–Crippen MR) is 185 cm³/mol. The van der Waals surface area contributed by atoms with Crippen molar-refractivity contribution >= 4 is 12.4 Å². The van der Waals surface area contributed by atoms with Gasteiger partial charge in [0.05, 0.1) is 13.2 Å². The summed E-state index contributed by atoms with van der Waals surface area (Å²) in [6.45, 7) is 2.38. The van der Waals surface area contributed by atoms with Gasteiger partial charge in [-0.3, -0.25) is 10.4 Å². The first-order valence-corrected chi connectivity index (χ1v) is 16.8. The molecular formula is C40H50N2O4+2. The lowest BCUT2D eigenvalue weighted by Gasteiger charge is -2.07. The third-order valence-corrected chi connectivity index (χ3v) is 7.81. The van der Waals surface area contributed by atoms with Crippen molar-refractivity contribution in [1.29, 1.82) is 0 Å². The van der Waals surface area contributed by atoms with Gasteiger partial charge in [0.2, 0.25) is 25.5 Å². The highest BCUT2D eigenvalue weighted by molar-refractivity contribution is 5.76. The monoisotopic (exact) mass is 622 g/mol. The van der Waals surface area contributed by atoms with Crippen molar-refractivity contribution < 1.29 is 29.4 Å². The van der Waals surface area contributed by atoms with Gasteiger partial charge in [-0.1, -0.05) is 112 Å². The van der Waals surface area contributed by atoms with Crippen LogP contribution < -0.4 is 9.47 Å². The Morgan fingerprint density at radius 3 is 1.09 bits per heavy atom. The lowest BCUT2D eigenvalue weighted by molar-refractivity contribution is -0.783. The van der Waals surface area contributed by atoms with E-state index in [0.717, 1.165) is 59.8 Å². The number of unbranched alkanes of at least 4 members (excludes halogenated alkanes) is 9. The molecule has 242 valence electrons. The standard InChI is InChI=1S/C40H50N2O4/c43-41(31-35-17-11-9-12-18-35)33-37-21-25-39(26-22-37)45-29-15-7-5-3-1-2-4-6-8-16-30-46-40-27-23-38(24-28-40)34-42(44)32-36-19-13-10-14-20-36/h9-14,17-28,33-34,43-44H,1-8,15-16,29-32H2/q+2. The zero-order valence-corrected chi connectivity index (χ0v) is 27.1. The van der Waals surface area contributed by atoms with E-state index in [1.54, 1.807) is 12.4 Å². The first-order chi connectivity index (χ1) is 22.6. The van der Waals surface area contributed by atoms with Crippen molar-refractivity contribution in [2.24, 2.45) is 0 Å². The summed E-state index contributed by atoms with van der Waals surface area (Å²) in [6.07, 6.45) is 15.7. The molecule has 0 unspecified atom stereocenters. The second kappa shape index (κ2) is 20.5. The smallest absolute Gasteiger partial charge is 0.223 e. The lowest BCUT2D eigenvalue weighted by atomic mass is 10.1. The van der Waals surface area contributed by atoms with Crippen LogP contribution in [0.25, 0.3) is 0 Å². The molecule has 0 amide bonds. The first kappa shape index (κ1) is 34.3. The average molecular weight is 623 g/mol. The van der Waals surface area contributed by atoms with Gasteiger partial charge in [-0.05, 0) is 70.9 Å². The molecule has 0 fully saturated rings. The molecule has 0 aromatic heterocycles. The highest BCUT2D eigenvalue weighted by atomic mass is 16.5. The van der Waals surface area contributed by atoms with E-state index >= 15 is 0 Å². The number of nitrogens with zero attached hydrogens (tertiary/aromatic N) is 2. The number of benzene rings is 4. The SMILES string of the molecule is O[N+](=Cc1ccc(OCCCCCCCCCCCCOc2ccc(C=[N+](O)Cc3ccccc3)cc2)cc1)Cc1ccccc1. The van der Waals surface area contributed by atoms with E-state index in [4.69, 9.17) is 9.47 Å². The lowest BCUT2D eigenvalue weighted by Crippen LogP contribution is -2.08. The number of hydrogen-bond donors (Lipinski definition) is 2. The highest BCUT2D eigenvalue weighted by Gasteiger charge is 2.06. The molecule has 0 saturated carbocycles. The third-order valence-electron chi connectivity index (χ3n) is 7.81. The Morgan fingerprint density at radius 2 is 0.739 bits per heavy atom. The van der Waals surface area contributed by atoms with Gasteiger partial charge >= 0.3 is 0 Å². The van der Waals surface area contributed by atoms with Gasteiger partial charge in [-0.15, -0.1) is 0 Å². The molecule has 0 heterocycles. The quantitative estimate of drug-likeness (QED) is 0.0320. The number of rotatable bonds is 21. The van der Waals surface area contributed by atoms with E-state index in [1.165, 1.54) is 60.8 Å². The van der Waals surface area contributed by atoms with Crippen LogP contribution in [0.5, 0.6) is 11.5 Å². The van der Waals surface area contributed by atoms with Crippen LogP contribution in [-0.4, -0.2) is 45.5 Å². The number of hydroxylamine groups is 2. The molecule has 6 heteroatoms. The zero-order chi connectivity index (χ0) is 32.1. The minimum atomic E-state index is 0.453. The summed E-state index contributed by atoms with van der Waals surface area (Å²) >= 11 is 0. The molecule has 0 radical (unpaired) electrons. The molecule has 0 aliphatic rings. The van der Waals surface area contributed by atoms with Gasteiger partial charge in [0.25, 0.3) is 0 Å². The molecule has 4 aromatic carbocycles. The molecule has 46 heavy (non-hydrogen) atoms. The summed E-state index contributed by atoms with van der Waals surface area (Å²) in [5.41, 5.74) is 3.99. The molecule has 2 N–H and O–H groups in total. The van der Waals surface area contributed by atoms with Crippen LogP contribution in [0.15, 0.2) is 109 Å². The minimum Gasteiger partial charge on any atom is -0.494 e. The second-order valence-corrected chi connectivity index (χ2v) is 11.8. The summed E-state index contributed by atoms with van der Waals surface area (Å²) in [5, 5.41) is 20.4. The topological polar surface area (TPSA) is 64.9 Å². The van der Waals surface area contributed by atoms with E-state index in [0.29, 0.717) is 13.1 Å². The Balaban J connectivity index is 0.943.